The van der Waals surface area contributed by atoms with Gasteiger partial charge in [-0.15, -0.1) is 0 Å². The zero-order valence-corrected chi connectivity index (χ0v) is 11.4. The van der Waals surface area contributed by atoms with Crippen LogP contribution in [0.15, 0.2) is 0 Å². The van der Waals surface area contributed by atoms with Crippen LogP contribution in [0.5, 0.6) is 0 Å². The van der Waals surface area contributed by atoms with Crippen molar-refractivity contribution in [3.63, 3.8) is 0 Å². The van der Waals surface area contributed by atoms with Gasteiger partial charge in [0.1, 0.15) is 5.60 Å². The molecule has 0 aromatic rings. The average molecular weight is 245 g/mol. The number of carbonyl (C=O) groups excluding carboxylic acids is 1. The van der Waals surface area contributed by atoms with Gasteiger partial charge in [0.05, 0.1) is 0 Å². The minimum absolute atomic E-state index is 0.292. The number of ether oxygens (including phenoxy) is 1. The smallest absolute Gasteiger partial charge is 0.407 e. The van der Waals surface area contributed by atoms with Crippen molar-refractivity contribution in [2.45, 2.75) is 64.9 Å². The van der Waals surface area contributed by atoms with E-state index in [-0.39, 0.29) is 6.09 Å². The molecule has 4 heteroatoms. The fraction of sp³-hybridized carbons (Fsp3) is 0.923. The van der Waals surface area contributed by atoms with E-state index in [1.807, 2.05) is 20.8 Å². The first-order valence-corrected chi connectivity index (χ1v) is 6.53. The molecule has 0 aromatic heterocycles. The van der Waals surface area contributed by atoms with E-state index in [9.17, 15) is 4.79 Å². The maximum absolute atomic E-state index is 11.3. The lowest BCUT2D eigenvalue weighted by Crippen LogP contribution is -2.32. The Kier molecular flexibility index (Phi) is 8.86. The number of aliphatic hydroxyl groups excluding tert-OH is 1. The molecule has 2 N–H and O–H groups in total. The second-order valence-electron chi connectivity index (χ2n) is 5.27. The molecular weight excluding hydrogens is 218 g/mol. The van der Waals surface area contributed by atoms with Gasteiger partial charge in [0, 0.05) is 13.2 Å². The normalized spacial score (nSPS) is 11.3. The molecule has 0 aliphatic heterocycles. The van der Waals surface area contributed by atoms with Crippen molar-refractivity contribution in [2.24, 2.45) is 0 Å². The average Bonchev–Trinajstić information content (AvgIpc) is 2.19. The number of rotatable bonds is 8. The van der Waals surface area contributed by atoms with Crippen LogP contribution in [0.25, 0.3) is 0 Å². The Labute approximate surface area is 105 Å². The molecule has 1 amide bonds. The van der Waals surface area contributed by atoms with Crippen LogP contribution in [0.3, 0.4) is 0 Å². The van der Waals surface area contributed by atoms with Crippen LogP contribution in [-0.4, -0.2) is 30.0 Å². The number of alkyl carbamates (subject to hydrolysis) is 1. The molecule has 4 nitrogen and oxygen atoms in total. The van der Waals surface area contributed by atoms with Crippen LogP contribution in [-0.2, 0) is 4.74 Å². The summed E-state index contributed by atoms with van der Waals surface area (Å²) in [6.07, 6.45) is 6.08. The van der Waals surface area contributed by atoms with E-state index < -0.39 is 5.60 Å². The third-order valence-corrected chi connectivity index (χ3v) is 2.25. The summed E-state index contributed by atoms with van der Waals surface area (Å²) in [5.74, 6) is 0. The summed E-state index contributed by atoms with van der Waals surface area (Å²) in [7, 11) is 0. The lowest BCUT2D eigenvalue weighted by molar-refractivity contribution is 0.0527. The van der Waals surface area contributed by atoms with E-state index in [0.29, 0.717) is 13.2 Å². The standard InChI is InChI=1S/C13H27NO3/c1-13(2,3)17-12(16)14-10-8-6-4-5-7-9-11-15/h15H,4-11H2,1-3H3,(H,14,16). The summed E-state index contributed by atoms with van der Waals surface area (Å²) >= 11 is 0. The predicted octanol–water partition coefficient (Wildman–Crippen LogP) is 2.84. The number of amides is 1. The van der Waals surface area contributed by atoms with E-state index in [2.05, 4.69) is 5.32 Å². The van der Waals surface area contributed by atoms with E-state index in [4.69, 9.17) is 9.84 Å². The maximum Gasteiger partial charge on any atom is 0.407 e. The number of hydrogen-bond acceptors (Lipinski definition) is 3. The molecule has 0 atom stereocenters. The molecule has 102 valence electrons. The molecule has 0 saturated carbocycles. The van der Waals surface area contributed by atoms with Crippen LogP contribution in [0.4, 0.5) is 4.79 Å². The van der Waals surface area contributed by atoms with Crippen LogP contribution < -0.4 is 5.32 Å². The molecule has 17 heavy (non-hydrogen) atoms. The number of hydrogen-bond donors (Lipinski definition) is 2. The fourth-order valence-corrected chi connectivity index (χ4v) is 1.45. The number of aliphatic hydroxyl groups is 1. The molecule has 0 spiro atoms. The summed E-state index contributed by atoms with van der Waals surface area (Å²) in [5.41, 5.74) is -0.422. The van der Waals surface area contributed by atoms with Crippen molar-refractivity contribution in [1.29, 1.82) is 0 Å². The molecular formula is C13H27NO3. The molecule has 0 heterocycles. The van der Waals surface area contributed by atoms with Gasteiger partial charge in [0.2, 0.25) is 0 Å². The third-order valence-electron chi connectivity index (χ3n) is 2.25. The summed E-state index contributed by atoms with van der Waals surface area (Å²) in [6, 6.07) is 0. The van der Waals surface area contributed by atoms with Crippen LogP contribution in [0.2, 0.25) is 0 Å². The molecule has 0 aliphatic carbocycles. The topological polar surface area (TPSA) is 58.6 Å². The highest BCUT2D eigenvalue weighted by molar-refractivity contribution is 5.67. The highest BCUT2D eigenvalue weighted by atomic mass is 16.6. The Bertz CT molecular complexity index is 199. The van der Waals surface area contributed by atoms with Gasteiger partial charge in [-0.25, -0.2) is 4.79 Å². The highest BCUT2D eigenvalue weighted by Gasteiger charge is 2.15. The van der Waals surface area contributed by atoms with E-state index >= 15 is 0 Å². The Morgan fingerprint density at radius 3 is 2.12 bits per heavy atom. The SMILES string of the molecule is CC(C)(C)OC(=O)NCCCCCCCCO. The molecule has 0 radical (unpaired) electrons. The maximum atomic E-state index is 11.3. The molecule has 0 fully saturated rings. The molecule has 0 aliphatic rings. The van der Waals surface area contributed by atoms with Gasteiger partial charge in [0.15, 0.2) is 0 Å². The van der Waals surface area contributed by atoms with E-state index in [1.54, 1.807) is 0 Å². The van der Waals surface area contributed by atoms with Crippen molar-refractivity contribution in [1.82, 2.24) is 5.32 Å². The number of unbranched alkanes of at least 4 members (excludes halogenated alkanes) is 5. The summed E-state index contributed by atoms with van der Waals surface area (Å²) in [4.78, 5) is 11.3. The first-order chi connectivity index (χ1) is 7.95. The zero-order valence-electron chi connectivity index (χ0n) is 11.4. The van der Waals surface area contributed by atoms with Gasteiger partial charge in [-0.3, -0.25) is 0 Å². The molecule has 0 unspecified atom stereocenters. The molecule has 0 saturated heterocycles. The first kappa shape index (κ1) is 16.2. The molecule has 0 aromatic carbocycles. The number of nitrogens with one attached hydrogen (secondary N) is 1. The Morgan fingerprint density at radius 2 is 1.59 bits per heavy atom. The Hall–Kier alpha value is -0.770. The van der Waals surface area contributed by atoms with Crippen LogP contribution >= 0.6 is 0 Å². The van der Waals surface area contributed by atoms with Gasteiger partial charge < -0.3 is 15.2 Å². The minimum Gasteiger partial charge on any atom is -0.444 e. The lowest BCUT2D eigenvalue weighted by atomic mass is 10.1. The molecule has 0 bridgehead atoms. The summed E-state index contributed by atoms with van der Waals surface area (Å²) < 4.78 is 5.12. The summed E-state index contributed by atoms with van der Waals surface area (Å²) in [5, 5.41) is 11.3. The summed E-state index contributed by atoms with van der Waals surface area (Å²) in [6.45, 7) is 6.53. The second-order valence-corrected chi connectivity index (χ2v) is 5.27. The fourth-order valence-electron chi connectivity index (χ4n) is 1.45. The molecule has 0 rings (SSSR count). The highest BCUT2D eigenvalue weighted by Crippen LogP contribution is 2.07. The monoisotopic (exact) mass is 245 g/mol. The number of carbonyl (C=O) groups is 1. The van der Waals surface area contributed by atoms with Gasteiger partial charge in [-0.1, -0.05) is 25.7 Å². The van der Waals surface area contributed by atoms with Crippen molar-refractivity contribution in [3.8, 4) is 0 Å². The van der Waals surface area contributed by atoms with Gasteiger partial charge in [0.25, 0.3) is 0 Å². The minimum atomic E-state index is -0.422. The van der Waals surface area contributed by atoms with Crippen molar-refractivity contribution in [3.05, 3.63) is 0 Å². The van der Waals surface area contributed by atoms with E-state index in [1.165, 1.54) is 0 Å². The van der Waals surface area contributed by atoms with Crippen molar-refractivity contribution >= 4 is 6.09 Å². The predicted molar refractivity (Wildman–Crippen MR) is 69.0 cm³/mol. The quantitative estimate of drug-likeness (QED) is 0.646. The second kappa shape index (κ2) is 9.28. The third kappa shape index (κ3) is 13.2. The Balaban J connectivity index is 3.25. The van der Waals surface area contributed by atoms with Gasteiger partial charge >= 0.3 is 6.09 Å². The Morgan fingerprint density at radius 1 is 1.06 bits per heavy atom. The van der Waals surface area contributed by atoms with Crippen LogP contribution in [0, 0.1) is 0 Å². The van der Waals surface area contributed by atoms with Crippen LogP contribution in [0.1, 0.15) is 59.3 Å². The largest absolute Gasteiger partial charge is 0.444 e. The lowest BCUT2D eigenvalue weighted by Gasteiger charge is -2.19. The van der Waals surface area contributed by atoms with E-state index in [0.717, 1.165) is 38.5 Å². The first-order valence-electron chi connectivity index (χ1n) is 6.53. The van der Waals surface area contributed by atoms with Crippen molar-refractivity contribution < 1.29 is 14.6 Å². The van der Waals surface area contributed by atoms with Gasteiger partial charge in [-0.05, 0) is 33.6 Å². The zero-order chi connectivity index (χ0) is 13.1. The van der Waals surface area contributed by atoms with Crippen molar-refractivity contribution in [2.75, 3.05) is 13.2 Å². The van der Waals surface area contributed by atoms with Gasteiger partial charge in [-0.2, -0.15) is 0 Å².